The average Bonchev–Trinajstić information content (AvgIpc) is 2.21. The molecule has 13 heavy (non-hydrogen) atoms. The Labute approximate surface area is 83.1 Å². The summed E-state index contributed by atoms with van der Waals surface area (Å²) >= 11 is 0. The van der Waals surface area contributed by atoms with Crippen molar-refractivity contribution in [2.24, 2.45) is 0 Å². The fourth-order valence-electron chi connectivity index (χ4n) is 1.40. The second kappa shape index (κ2) is 6.08. The van der Waals surface area contributed by atoms with E-state index in [1.54, 1.807) is 7.11 Å². The zero-order valence-electron chi connectivity index (χ0n) is 9.52. The molecule has 0 atom stereocenters. The fraction of sp³-hybridized carbons (Fsp3) is 0.800. The van der Waals surface area contributed by atoms with Gasteiger partial charge in [-0.3, -0.25) is 0 Å². The molecule has 0 spiro atoms. The summed E-state index contributed by atoms with van der Waals surface area (Å²) in [7, 11) is 0.146. The molecule has 0 rings (SSSR count). The molecular weight excluding hydrogens is 180 g/mol. The van der Waals surface area contributed by atoms with Crippen molar-refractivity contribution in [1.29, 1.82) is 0 Å². The van der Waals surface area contributed by atoms with Crippen molar-refractivity contribution in [3.63, 3.8) is 0 Å². The van der Waals surface area contributed by atoms with Gasteiger partial charge >= 0.3 is 0 Å². The highest BCUT2D eigenvalue weighted by molar-refractivity contribution is 6.73. The fourth-order valence-corrected chi connectivity index (χ4v) is 3.96. The molecule has 0 aromatic carbocycles. The van der Waals surface area contributed by atoms with Gasteiger partial charge in [0.25, 0.3) is 14.3 Å². The van der Waals surface area contributed by atoms with Gasteiger partial charge in [-0.15, -0.1) is 0 Å². The maximum atomic E-state index is 5.96. The topological polar surface area (TPSA) is 18.5 Å². The Balaban J connectivity index is 4.40. The second-order valence-electron chi connectivity index (χ2n) is 3.16. The summed E-state index contributed by atoms with van der Waals surface area (Å²) in [5, 5.41) is 0. The average molecular weight is 202 g/mol. The van der Waals surface area contributed by atoms with E-state index in [1.165, 1.54) is 0 Å². The molecule has 0 aliphatic rings. The standard InChI is InChI=1S/C10H22O2Si/c1-6-10(11-5)12-13(7-2,8-3)9-4/h6H,7-9H2,1-5H3/b10-6+. The van der Waals surface area contributed by atoms with E-state index in [0.717, 1.165) is 18.1 Å². The minimum atomic E-state index is -1.52. The van der Waals surface area contributed by atoms with Crippen molar-refractivity contribution >= 4 is 8.32 Å². The lowest BCUT2D eigenvalue weighted by molar-refractivity contribution is 0.143. The summed E-state index contributed by atoms with van der Waals surface area (Å²) < 4.78 is 11.1. The Hall–Kier alpha value is -0.443. The van der Waals surface area contributed by atoms with Gasteiger partial charge in [0.1, 0.15) is 0 Å². The molecule has 0 aliphatic heterocycles. The van der Waals surface area contributed by atoms with Crippen LogP contribution in [0.1, 0.15) is 27.7 Å². The predicted molar refractivity (Wildman–Crippen MR) is 59.0 cm³/mol. The Morgan fingerprint density at radius 3 is 1.85 bits per heavy atom. The van der Waals surface area contributed by atoms with Crippen LogP contribution in [-0.2, 0) is 9.16 Å². The number of hydrogen-bond acceptors (Lipinski definition) is 2. The first kappa shape index (κ1) is 12.6. The van der Waals surface area contributed by atoms with Crippen LogP contribution >= 0.6 is 0 Å². The minimum Gasteiger partial charge on any atom is -0.519 e. The van der Waals surface area contributed by atoms with E-state index in [-0.39, 0.29) is 0 Å². The van der Waals surface area contributed by atoms with E-state index in [9.17, 15) is 0 Å². The molecule has 0 aromatic heterocycles. The molecule has 0 heterocycles. The molecule has 3 heteroatoms. The summed E-state index contributed by atoms with van der Waals surface area (Å²) in [5.74, 6) is 0.692. The molecule has 0 N–H and O–H groups in total. The van der Waals surface area contributed by atoms with Crippen molar-refractivity contribution < 1.29 is 9.16 Å². The van der Waals surface area contributed by atoms with Gasteiger partial charge < -0.3 is 9.16 Å². The number of allylic oxidation sites excluding steroid dienone is 1. The first-order valence-electron chi connectivity index (χ1n) is 5.07. The summed E-state index contributed by atoms with van der Waals surface area (Å²) in [6.07, 6.45) is 1.89. The van der Waals surface area contributed by atoms with Gasteiger partial charge in [-0.2, -0.15) is 0 Å². The number of methoxy groups -OCH3 is 1. The van der Waals surface area contributed by atoms with Crippen LogP contribution in [0.3, 0.4) is 0 Å². The van der Waals surface area contributed by atoms with Crippen LogP contribution in [0.25, 0.3) is 0 Å². The smallest absolute Gasteiger partial charge is 0.260 e. The third-order valence-electron chi connectivity index (χ3n) is 2.69. The Kier molecular flexibility index (Phi) is 5.87. The van der Waals surface area contributed by atoms with Gasteiger partial charge in [-0.05, 0) is 31.1 Å². The van der Waals surface area contributed by atoms with E-state index >= 15 is 0 Å². The number of hydrogen-bond donors (Lipinski definition) is 0. The quantitative estimate of drug-likeness (QED) is 0.485. The zero-order chi connectivity index (χ0) is 10.3. The summed E-state index contributed by atoms with van der Waals surface area (Å²) in [4.78, 5) is 0. The molecule has 0 saturated heterocycles. The maximum Gasteiger partial charge on any atom is 0.260 e. The zero-order valence-corrected chi connectivity index (χ0v) is 10.5. The lowest BCUT2D eigenvalue weighted by Gasteiger charge is -2.29. The third kappa shape index (κ3) is 3.42. The van der Waals surface area contributed by atoms with Gasteiger partial charge in [0.05, 0.1) is 7.11 Å². The van der Waals surface area contributed by atoms with Crippen LogP contribution in [0.2, 0.25) is 18.1 Å². The van der Waals surface area contributed by atoms with Crippen molar-refractivity contribution in [3.8, 4) is 0 Å². The number of rotatable bonds is 6. The first-order chi connectivity index (χ1) is 6.17. The van der Waals surface area contributed by atoms with E-state index in [4.69, 9.17) is 9.16 Å². The second-order valence-corrected chi connectivity index (χ2v) is 7.85. The molecular formula is C10H22O2Si. The van der Waals surface area contributed by atoms with Gasteiger partial charge in [-0.25, -0.2) is 0 Å². The molecule has 0 radical (unpaired) electrons. The minimum absolute atomic E-state index is 0.692. The molecule has 0 saturated carbocycles. The first-order valence-corrected chi connectivity index (χ1v) is 7.60. The summed E-state index contributed by atoms with van der Waals surface area (Å²) in [5.41, 5.74) is 0. The molecule has 0 aromatic rings. The van der Waals surface area contributed by atoms with E-state index in [1.807, 2.05) is 13.0 Å². The van der Waals surface area contributed by atoms with Crippen molar-refractivity contribution in [3.05, 3.63) is 12.0 Å². The Bertz CT molecular complexity index is 154. The molecule has 0 fully saturated rings. The highest BCUT2D eigenvalue weighted by Gasteiger charge is 2.31. The van der Waals surface area contributed by atoms with Gasteiger partial charge in [0.2, 0.25) is 0 Å². The SMILES string of the molecule is C/C=C(\OC)O[Si](CC)(CC)CC. The molecule has 78 valence electrons. The largest absolute Gasteiger partial charge is 0.519 e. The van der Waals surface area contributed by atoms with Crippen molar-refractivity contribution in [2.45, 2.75) is 45.8 Å². The summed E-state index contributed by atoms with van der Waals surface area (Å²) in [6, 6.07) is 3.46. The normalized spacial score (nSPS) is 12.8. The van der Waals surface area contributed by atoms with Crippen LogP contribution in [0.4, 0.5) is 0 Å². The molecule has 2 nitrogen and oxygen atoms in total. The van der Waals surface area contributed by atoms with E-state index < -0.39 is 8.32 Å². The van der Waals surface area contributed by atoms with Crippen LogP contribution < -0.4 is 0 Å². The van der Waals surface area contributed by atoms with Gasteiger partial charge in [0, 0.05) is 0 Å². The van der Waals surface area contributed by atoms with Gasteiger partial charge in [-0.1, -0.05) is 20.8 Å². The van der Waals surface area contributed by atoms with Crippen LogP contribution in [0.15, 0.2) is 12.0 Å². The number of ether oxygens (including phenoxy) is 1. The molecule has 0 amide bonds. The predicted octanol–water partition coefficient (Wildman–Crippen LogP) is 3.52. The van der Waals surface area contributed by atoms with Crippen molar-refractivity contribution in [1.82, 2.24) is 0 Å². The van der Waals surface area contributed by atoms with E-state index in [0.29, 0.717) is 5.95 Å². The molecule has 0 bridgehead atoms. The summed E-state index contributed by atoms with van der Waals surface area (Å²) in [6.45, 7) is 8.57. The van der Waals surface area contributed by atoms with Crippen molar-refractivity contribution in [2.75, 3.05) is 7.11 Å². The van der Waals surface area contributed by atoms with E-state index in [2.05, 4.69) is 20.8 Å². The Morgan fingerprint density at radius 1 is 1.15 bits per heavy atom. The van der Waals surface area contributed by atoms with Crippen LogP contribution in [0, 0.1) is 0 Å². The Morgan fingerprint density at radius 2 is 1.62 bits per heavy atom. The lowest BCUT2D eigenvalue weighted by Crippen LogP contribution is -2.35. The third-order valence-corrected chi connectivity index (χ3v) is 7.19. The highest BCUT2D eigenvalue weighted by Crippen LogP contribution is 2.24. The monoisotopic (exact) mass is 202 g/mol. The van der Waals surface area contributed by atoms with Gasteiger partial charge in [0.15, 0.2) is 0 Å². The maximum absolute atomic E-state index is 5.96. The van der Waals surface area contributed by atoms with Crippen LogP contribution in [-0.4, -0.2) is 15.4 Å². The van der Waals surface area contributed by atoms with Crippen LogP contribution in [0.5, 0.6) is 0 Å². The lowest BCUT2D eigenvalue weighted by atomic mass is 10.7. The highest BCUT2D eigenvalue weighted by atomic mass is 28.4. The molecule has 0 unspecified atom stereocenters. The molecule has 0 aliphatic carbocycles.